The molecular weight excluding hydrogens is 498 g/mol. The molecule has 0 saturated heterocycles. The van der Waals surface area contributed by atoms with E-state index in [2.05, 4.69) is 4.72 Å². The molecule has 0 saturated carbocycles. The average Bonchev–Trinajstić information content (AvgIpc) is 2.73. The summed E-state index contributed by atoms with van der Waals surface area (Å²) in [6, 6.07) is 5.38. The highest BCUT2D eigenvalue weighted by Gasteiger charge is 2.33. The van der Waals surface area contributed by atoms with Crippen molar-refractivity contribution in [3.63, 3.8) is 0 Å². The van der Waals surface area contributed by atoms with Crippen LogP contribution in [0.2, 0.25) is 0 Å². The van der Waals surface area contributed by atoms with Crippen LogP contribution in [0, 0.1) is 34.6 Å². The van der Waals surface area contributed by atoms with Crippen LogP contribution in [0.4, 0.5) is 14.5 Å². The van der Waals surface area contributed by atoms with Gasteiger partial charge < -0.3 is 4.74 Å². The van der Waals surface area contributed by atoms with Crippen LogP contribution in [0.3, 0.4) is 0 Å². The van der Waals surface area contributed by atoms with Crippen molar-refractivity contribution in [2.24, 2.45) is 5.92 Å². The highest BCUT2D eigenvalue weighted by molar-refractivity contribution is 7.89. The number of carbonyl (C=O) groups excluding carboxylic acids is 2. The van der Waals surface area contributed by atoms with E-state index in [0.29, 0.717) is 5.56 Å². The van der Waals surface area contributed by atoms with Gasteiger partial charge in [-0.3, -0.25) is 19.7 Å². The lowest BCUT2D eigenvalue weighted by molar-refractivity contribution is -0.387. The zero-order chi connectivity index (χ0) is 27.4. The summed E-state index contributed by atoms with van der Waals surface area (Å²) >= 11 is 0. The third kappa shape index (κ3) is 7.62. The van der Waals surface area contributed by atoms with Crippen LogP contribution < -0.4 is 4.72 Å². The number of Topliss-reactive ketones (excluding diaryl/α,β-unsaturated/α-hetero) is 1. The first-order chi connectivity index (χ1) is 16.5. The van der Waals surface area contributed by atoms with Crippen LogP contribution in [0.25, 0.3) is 0 Å². The van der Waals surface area contributed by atoms with Crippen molar-refractivity contribution in [3.8, 4) is 0 Å². The van der Waals surface area contributed by atoms with E-state index in [9.17, 15) is 36.9 Å². The SMILES string of the molecule is Cc1cc(F)c(C[C@H](CC(=O)[C@H](C)NS(=O)(=O)c2ccccc2[N+](=O)[O-])C(=O)OC(C)(C)C)c(F)c1. The second-order valence-electron chi connectivity index (χ2n) is 9.38. The van der Waals surface area contributed by atoms with Gasteiger partial charge in [0, 0.05) is 18.1 Å². The predicted octanol–water partition coefficient (Wildman–Crippen LogP) is 4.01. The lowest BCUT2D eigenvalue weighted by atomic mass is 9.91. The predicted molar refractivity (Wildman–Crippen MR) is 127 cm³/mol. The van der Waals surface area contributed by atoms with Crippen LogP contribution in [-0.4, -0.2) is 36.7 Å². The number of esters is 1. The molecule has 1 N–H and O–H groups in total. The molecule has 196 valence electrons. The number of sulfonamides is 1. The maximum atomic E-state index is 14.5. The molecule has 36 heavy (non-hydrogen) atoms. The molecule has 12 heteroatoms. The Labute approximate surface area is 208 Å². The van der Waals surface area contributed by atoms with Crippen LogP contribution in [0.15, 0.2) is 41.3 Å². The molecule has 9 nitrogen and oxygen atoms in total. The summed E-state index contributed by atoms with van der Waals surface area (Å²) in [5.74, 6) is -4.76. The normalized spacial score (nSPS) is 13.6. The van der Waals surface area contributed by atoms with Gasteiger partial charge in [-0.25, -0.2) is 21.9 Å². The molecule has 0 bridgehead atoms. The molecular formula is C24H28F2N2O7S. The van der Waals surface area contributed by atoms with Gasteiger partial charge in [-0.05, 0) is 64.8 Å². The highest BCUT2D eigenvalue weighted by atomic mass is 32.2. The molecule has 0 aliphatic heterocycles. The summed E-state index contributed by atoms with van der Waals surface area (Å²) in [7, 11) is -4.49. The number of halogens is 2. The third-order valence-corrected chi connectivity index (χ3v) is 6.68. The minimum atomic E-state index is -4.49. The van der Waals surface area contributed by atoms with Gasteiger partial charge >= 0.3 is 5.97 Å². The van der Waals surface area contributed by atoms with Crippen molar-refractivity contribution >= 4 is 27.5 Å². The minimum absolute atomic E-state index is 0.330. The van der Waals surface area contributed by atoms with Gasteiger partial charge in [-0.2, -0.15) is 0 Å². The molecule has 0 heterocycles. The van der Waals surface area contributed by atoms with E-state index < -0.39 is 84.9 Å². The lowest BCUT2D eigenvalue weighted by Crippen LogP contribution is -2.41. The maximum Gasteiger partial charge on any atom is 0.310 e. The van der Waals surface area contributed by atoms with Crippen molar-refractivity contribution < 1.29 is 36.4 Å². The number of carbonyl (C=O) groups is 2. The quantitative estimate of drug-likeness (QED) is 0.281. The highest BCUT2D eigenvalue weighted by Crippen LogP contribution is 2.25. The molecule has 0 aliphatic carbocycles. The van der Waals surface area contributed by atoms with Crippen molar-refractivity contribution in [1.29, 1.82) is 0 Å². The molecule has 0 unspecified atom stereocenters. The Morgan fingerprint density at radius 3 is 2.22 bits per heavy atom. The fourth-order valence-electron chi connectivity index (χ4n) is 3.41. The Hall–Kier alpha value is -3.25. The Kier molecular flexibility index (Phi) is 9.03. The fourth-order valence-corrected chi connectivity index (χ4v) is 4.81. The van der Waals surface area contributed by atoms with Gasteiger partial charge in [0.05, 0.1) is 16.9 Å². The first-order valence-electron chi connectivity index (χ1n) is 11.0. The van der Waals surface area contributed by atoms with Gasteiger partial charge in [0.25, 0.3) is 5.69 Å². The number of benzene rings is 2. The summed E-state index contributed by atoms with van der Waals surface area (Å²) in [6.07, 6.45) is -1.09. The van der Waals surface area contributed by atoms with Crippen molar-refractivity contribution in [2.45, 2.75) is 64.0 Å². The van der Waals surface area contributed by atoms with Gasteiger partial charge in [0.2, 0.25) is 10.0 Å². The second-order valence-corrected chi connectivity index (χ2v) is 11.1. The summed E-state index contributed by atoms with van der Waals surface area (Å²) in [5.41, 5.74) is -1.71. The Morgan fingerprint density at radius 1 is 1.14 bits per heavy atom. The molecule has 0 amide bonds. The number of para-hydroxylation sites is 1. The van der Waals surface area contributed by atoms with Gasteiger partial charge in [-0.1, -0.05) is 12.1 Å². The van der Waals surface area contributed by atoms with E-state index in [1.54, 1.807) is 20.8 Å². The van der Waals surface area contributed by atoms with Gasteiger partial charge in [-0.15, -0.1) is 0 Å². The number of ketones is 1. The molecule has 2 aromatic rings. The van der Waals surface area contributed by atoms with E-state index in [0.717, 1.165) is 24.3 Å². The van der Waals surface area contributed by atoms with E-state index in [-0.39, 0.29) is 0 Å². The number of nitro benzene ring substituents is 1. The molecule has 0 spiro atoms. The molecule has 2 aromatic carbocycles. The van der Waals surface area contributed by atoms with Crippen molar-refractivity contribution in [2.75, 3.05) is 0 Å². The molecule has 2 rings (SSSR count). The number of aryl methyl sites for hydroxylation is 1. The van der Waals surface area contributed by atoms with E-state index in [1.807, 2.05) is 0 Å². The van der Waals surface area contributed by atoms with Crippen LogP contribution in [-0.2, 0) is 30.8 Å². The summed E-state index contributed by atoms with van der Waals surface area (Å²) in [5, 5.41) is 11.2. The average molecular weight is 527 g/mol. The standard InChI is InChI=1S/C24H28F2N2O7S/c1-14-10-18(25)17(19(26)11-14)12-16(23(30)35-24(3,4)5)13-21(29)15(2)27-36(33,34)22-9-7-6-8-20(22)28(31)32/h6-11,15-16,27H,12-13H2,1-5H3/t15-,16+/m0/s1. The number of hydrogen-bond acceptors (Lipinski definition) is 7. The minimum Gasteiger partial charge on any atom is -0.460 e. The summed E-state index contributed by atoms with van der Waals surface area (Å²) in [4.78, 5) is 35.4. The monoisotopic (exact) mass is 526 g/mol. The van der Waals surface area contributed by atoms with Gasteiger partial charge in [0.15, 0.2) is 10.7 Å². The van der Waals surface area contributed by atoms with Crippen LogP contribution in [0.5, 0.6) is 0 Å². The first-order valence-corrected chi connectivity index (χ1v) is 12.5. The van der Waals surface area contributed by atoms with Crippen LogP contribution >= 0.6 is 0 Å². The molecule has 2 atom stereocenters. The third-order valence-electron chi connectivity index (χ3n) is 5.09. The molecule has 0 fully saturated rings. The van der Waals surface area contributed by atoms with Crippen molar-refractivity contribution in [3.05, 3.63) is 69.3 Å². The number of ether oxygens (including phenoxy) is 1. The zero-order valence-electron chi connectivity index (χ0n) is 20.5. The largest absolute Gasteiger partial charge is 0.460 e. The molecule has 0 aliphatic rings. The molecule has 0 aromatic heterocycles. The Bertz CT molecular complexity index is 1250. The zero-order valence-corrected chi connectivity index (χ0v) is 21.3. The molecule has 0 radical (unpaired) electrons. The summed E-state index contributed by atoms with van der Waals surface area (Å²) < 4.78 is 61.8. The first kappa shape index (κ1) is 29.0. The lowest BCUT2D eigenvalue weighted by Gasteiger charge is -2.25. The van der Waals surface area contributed by atoms with Crippen molar-refractivity contribution in [1.82, 2.24) is 4.72 Å². The number of nitrogens with zero attached hydrogens (tertiary/aromatic N) is 1. The Balaban J connectivity index is 2.30. The Morgan fingerprint density at radius 2 is 1.69 bits per heavy atom. The second kappa shape index (κ2) is 11.2. The topological polar surface area (TPSA) is 133 Å². The van der Waals surface area contributed by atoms with Gasteiger partial charge in [0.1, 0.15) is 17.2 Å². The van der Waals surface area contributed by atoms with E-state index in [4.69, 9.17) is 4.74 Å². The number of rotatable bonds is 10. The number of nitro groups is 1. The van der Waals surface area contributed by atoms with Crippen LogP contribution in [0.1, 0.15) is 45.2 Å². The number of hydrogen-bond donors (Lipinski definition) is 1. The summed E-state index contributed by atoms with van der Waals surface area (Å²) in [6.45, 7) is 7.45. The smallest absolute Gasteiger partial charge is 0.310 e. The number of nitrogens with one attached hydrogen (secondary N) is 1. The fraction of sp³-hybridized carbons (Fsp3) is 0.417. The van der Waals surface area contributed by atoms with E-state index >= 15 is 0 Å². The van der Waals surface area contributed by atoms with E-state index in [1.165, 1.54) is 26.0 Å². The maximum absolute atomic E-state index is 14.5.